The molecule has 4 aromatic rings. The van der Waals surface area contributed by atoms with Crippen molar-refractivity contribution in [3.05, 3.63) is 120 Å². The maximum Gasteiger partial charge on any atom is 0.264 e. The van der Waals surface area contributed by atoms with E-state index in [0.29, 0.717) is 24.7 Å². The van der Waals surface area contributed by atoms with Crippen LogP contribution in [0.4, 0.5) is 5.69 Å². The molecule has 4 aromatic carbocycles. The Morgan fingerprint density at radius 3 is 1.96 bits per heavy atom. The van der Waals surface area contributed by atoms with E-state index >= 15 is 0 Å². The van der Waals surface area contributed by atoms with Crippen molar-refractivity contribution in [3.8, 4) is 11.5 Å². The third kappa shape index (κ3) is 8.06. The molecule has 0 fully saturated rings. The van der Waals surface area contributed by atoms with Gasteiger partial charge in [-0.25, -0.2) is 8.42 Å². The van der Waals surface area contributed by atoms with Gasteiger partial charge in [0.2, 0.25) is 11.8 Å². The van der Waals surface area contributed by atoms with Crippen LogP contribution in [0.3, 0.4) is 0 Å². The van der Waals surface area contributed by atoms with Crippen LogP contribution in [0.2, 0.25) is 0 Å². The largest absolute Gasteiger partial charge is 0.486 e. The summed E-state index contributed by atoms with van der Waals surface area (Å²) in [6, 6.07) is 30.6. The Morgan fingerprint density at radius 1 is 0.783 bits per heavy atom. The molecule has 1 N–H and O–H groups in total. The van der Waals surface area contributed by atoms with Gasteiger partial charge in [-0.15, -0.1) is 0 Å². The molecule has 0 saturated heterocycles. The zero-order chi connectivity index (χ0) is 32.7. The summed E-state index contributed by atoms with van der Waals surface area (Å²) in [6.07, 6.45) is 0.233. The summed E-state index contributed by atoms with van der Waals surface area (Å²) < 4.78 is 40.9. The molecule has 0 saturated carbocycles. The van der Waals surface area contributed by atoms with E-state index < -0.39 is 34.1 Å². The number of hydrogen-bond donors (Lipinski definition) is 1. The molecule has 1 atom stereocenters. The highest BCUT2D eigenvalue weighted by Gasteiger charge is 2.36. The van der Waals surface area contributed by atoms with Crippen molar-refractivity contribution in [2.24, 2.45) is 0 Å². The molecule has 0 spiro atoms. The van der Waals surface area contributed by atoms with Crippen molar-refractivity contribution in [2.45, 2.75) is 50.2 Å². The van der Waals surface area contributed by atoms with Crippen LogP contribution < -0.4 is 19.1 Å². The third-order valence-corrected chi connectivity index (χ3v) is 9.18. The third-order valence-electron chi connectivity index (χ3n) is 7.39. The van der Waals surface area contributed by atoms with Crippen molar-refractivity contribution in [2.75, 3.05) is 24.1 Å². The van der Waals surface area contributed by atoms with E-state index in [9.17, 15) is 18.0 Å². The lowest BCUT2D eigenvalue weighted by molar-refractivity contribution is -0.140. The number of ether oxygens (including phenoxy) is 2. The molecular weight excluding hydrogens is 602 g/mol. The second-order valence-corrected chi connectivity index (χ2v) is 14.0. The highest BCUT2D eigenvalue weighted by atomic mass is 32.2. The summed E-state index contributed by atoms with van der Waals surface area (Å²) in [7, 11) is -4.23. The Kier molecular flexibility index (Phi) is 9.96. The van der Waals surface area contributed by atoms with E-state index in [1.54, 1.807) is 36.4 Å². The van der Waals surface area contributed by atoms with Crippen LogP contribution in [0.15, 0.2) is 114 Å². The van der Waals surface area contributed by atoms with Gasteiger partial charge < -0.3 is 19.7 Å². The first-order valence-electron chi connectivity index (χ1n) is 15.2. The number of rotatable bonds is 11. The molecule has 1 heterocycles. The molecule has 0 unspecified atom stereocenters. The number of carbonyl (C=O) groups excluding carboxylic acids is 2. The lowest BCUT2D eigenvalue weighted by Crippen LogP contribution is -2.56. The Hall–Kier alpha value is -4.83. The van der Waals surface area contributed by atoms with Crippen LogP contribution in [-0.4, -0.2) is 56.5 Å². The first kappa shape index (κ1) is 32.6. The van der Waals surface area contributed by atoms with Gasteiger partial charge in [0.1, 0.15) is 25.8 Å². The van der Waals surface area contributed by atoms with E-state index in [-0.39, 0.29) is 29.5 Å². The number of anilines is 1. The average Bonchev–Trinajstić information content (AvgIpc) is 3.05. The molecule has 0 bridgehead atoms. The Balaban J connectivity index is 1.58. The zero-order valence-electron chi connectivity index (χ0n) is 26.3. The predicted octanol–water partition coefficient (Wildman–Crippen LogP) is 5.21. The molecule has 5 rings (SSSR count). The smallest absolute Gasteiger partial charge is 0.264 e. The number of carbonyl (C=O) groups is 2. The minimum atomic E-state index is -4.23. The van der Waals surface area contributed by atoms with Gasteiger partial charge in [-0.05, 0) is 56.2 Å². The van der Waals surface area contributed by atoms with Crippen molar-refractivity contribution in [3.63, 3.8) is 0 Å². The first-order valence-corrected chi connectivity index (χ1v) is 16.6. The van der Waals surface area contributed by atoms with Crippen molar-refractivity contribution >= 4 is 27.5 Å². The van der Waals surface area contributed by atoms with E-state index in [2.05, 4.69) is 5.32 Å². The molecule has 10 heteroatoms. The molecule has 2 amide bonds. The molecular formula is C36H39N3O6S. The second kappa shape index (κ2) is 14.1. The fourth-order valence-corrected chi connectivity index (χ4v) is 6.65. The summed E-state index contributed by atoms with van der Waals surface area (Å²) in [4.78, 5) is 30.1. The highest BCUT2D eigenvalue weighted by molar-refractivity contribution is 7.92. The number of nitrogens with one attached hydrogen (secondary N) is 1. The molecule has 0 aromatic heterocycles. The molecule has 0 aliphatic carbocycles. The number of benzene rings is 4. The lowest BCUT2D eigenvalue weighted by Gasteiger charge is -2.35. The second-order valence-electron chi connectivity index (χ2n) is 12.1. The number of hydrogen-bond acceptors (Lipinski definition) is 6. The molecule has 240 valence electrons. The number of sulfonamides is 1. The van der Waals surface area contributed by atoms with Crippen molar-refractivity contribution in [1.29, 1.82) is 0 Å². The van der Waals surface area contributed by atoms with Crippen molar-refractivity contribution < 1.29 is 27.5 Å². The monoisotopic (exact) mass is 641 g/mol. The summed E-state index contributed by atoms with van der Waals surface area (Å²) >= 11 is 0. The van der Waals surface area contributed by atoms with E-state index in [0.717, 1.165) is 15.4 Å². The van der Waals surface area contributed by atoms with E-state index in [4.69, 9.17) is 9.47 Å². The first-order chi connectivity index (χ1) is 22.0. The van der Waals surface area contributed by atoms with Crippen LogP contribution in [0.1, 0.15) is 31.9 Å². The maximum absolute atomic E-state index is 14.6. The molecule has 1 aliphatic heterocycles. The predicted molar refractivity (Wildman–Crippen MR) is 177 cm³/mol. The summed E-state index contributed by atoms with van der Waals surface area (Å²) in [5.41, 5.74) is 1.33. The van der Waals surface area contributed by atoms with Crippen LogP contribution in [-0.2, 0) is 32.6 Å². The normalized spacial score (nSPS) is 13.4. The van der Waals surface area contributed by atoms with Gasteiger partial charge >= 0.3 is 0 Å². The van der Waals surface area contributed by atoms with Gasteiger partial charge in [-0.3, -0.25) is 13.9 Å². The van der Waals surface area contributed by atoms with Gasteiger partial charge in [0.25, 0.3) is 10.0 Å². The van der Waals surface area contributed by atoms with Gasteiger partial charge in [-0.1, -0.05) is 78.9 Å². The minimum absolute atomic E-state index is 0.0265. The highest BCUT2D eigenvalue weighted by Crippen LogP contribution is 2.36. The zero-order valence-corrected chi connectivity index (χ0v) is 27.1. The van der Waals surface area contributed by atoms with Gasteiger partial charge in [0.15, 0.2) is 11.5 Å². The fraction of sp³-hybridized carbons (Fsp3) is 0.278. The van der Waals surface area contributed by atoms with Crippen molar-refractivity contribution in [1.82, 2.24) is 10.2 Å². The van der Waals surface area contributed by atoms with E-state index in [1.807, 2.05) is 81.4 Å². The average molecular weight is 642 g/mol. The van der Waals surface area contributed by atoms with Gasteiger partial charge in [0, 0.05) is 24.6 Å². The minimum Gasteiger partial charge on any atom is -0.486 e. The van der Waals surface area contributed by atoms with E-state index in [1.165, 1.54) is 17.0 Å². The molecule has 0 radical (unpaired) electrons. The lowest BCUT2D eigenvalue weighted by atomic mass is 10.0. The SMILES string of the molecule is CC(C)(C)NC(=O)[C@@H](Cc1ccccc1)N(Cc1ccccc1)C(=O)CN(c1ccc2c(c1)OCCO2)S(=O)(=O)c1ccccc1. The molecule has 46 heavy (non-hydrogen) atoms. The van der Waals surface area contributed by atoms with Crippen LogP contribution >= 0.6 is 0 Å². The Labute approximate surface area is 270 Å². The van der Waals surface area contributed by atoms with Gasteiger partial charge in [0.05, 0.1) is 10.6 Å². The fourth-order valence-electron chi connectivity index (χ4n) is 5.22. The summed E-state index contributed by atoms with van der Waals surface area (Å²) in [5.74, 6) is 0.00338. The summed E-state index contributed by atoms with van der Waals surface area (Å²) in [6.45, 7) is 5.87. The topological polar surface area (TPSA) is 105 Å². The number of amides is 2. The Bertz CT molecular complexity index is 1740. The molecule has 9 nitrogen and oxygen atoms in total. The van der Waals surface area contributed by atoms with Crippen LogP contribution in [0.5, 0.6) is 11.5 Å². The maximum atomic E-state index is 14.6. The van der Waals surface area contributed by atoms with Gasteiger partial charge in [-0.2, -0.15) is 0 Å². The van der Waals surface area contributed by atoms with Crippen LogP contribution in [0, 0.1) is 0 Å². The number of nitrogens with zero attached hydrogens (tertiary/aromatic N) is 2. The number of fused-ring (bicyclic) bond motifs is 1. The Morgan fingerprint density at radius 2 is 1.35 bits per heavy atom. The summed E-state index contributed by atoms with van der Waals surface area (Å²) in [5, 5.41) is 3.04. The van der Waals surface area contributed by atoms with Crippen LogP contribution in [0.25, 0.3) is 0 Å². The standard InChI is InChI=1S/C36H39N3O6S/c1-36(2,3)37-35(41)31(23-27-13-7-4-8-14-27)38(25-28-15-9-5-10-16-28)34(40)26-39(46(42,43)30-17-11-6-12-18-30)29-19-20-32-33(24-29)45-22-21-44-32/h4-20,24,31H,21-23,25-26H2,1-3H3,(H,37,41)/t31-/m1/s1. The molecule has 1 aliphatic rings. The quantitative estimate of drug-likeness (QED) is 0.241.